The number of hydrogen-bond acceptors (Lipinski definition) is 3. The van der Waals surface area contributed by atoms with E-state index in [1.807, 2.05) is 12.1 Å². The third-order valence-electron chi connectivity index (χ3n) is 1.78. The van der Waals surface area contributed by atoms with Crippen LogP contribution in [0.1, 0.15) is 10.5 Å². The molecule has 0 N–H and O–H groups in total. The molecule has 3 nitrogen and oxygen atoms in total. The van der Waals surface area contributed by atoms with Crippen LogP contribution in [0.4, 0.5) is 0 Å². The number of rotatable bonds is 2. The molecule has 0 saturated heterocycles. The summed E-state index contributed by atoms with van der Waals surface area (Å²) in [6, 6.07) is 3.77. The SMILES string of the molecule is O=Cc1cc2cc(Br)cnc2n1SI. The van der Waals surface area contributed by atoms with E-state index in [9.17, 15) is 4.79 Å². The summed E-state index contributed by atoms with van der Waals surface area (Å²) in [6.07, 6.45) is 2.56. The van der Waals surface area contributed by atoms with E-state index in [-0.39, 0.29) is 0 Å². The Morgan fingerprint density at radius 1 is 1.57 bits per heavy atom. The normalized spacial score (nSPS) is 10.7. The second kappa shape index (κ2) is 4.19. The van der Waals surface area contributed by atoms with Crippen molar-refractivity contribution in [3.05, 3.63) is 28.5 Å². The Balaban J connectivity index is 2.79. The summed E-state index contributed by atoms with van der Waals surface area (Å²) in [5, 5.41) is 0.964. The number of nitrogens with zero attached hydrogens (tertiary/aromatic N) is 2. The van der Waals surface area contributed by atoms with Crippen LogP contribution >= 0.6 is 46.3 Å². The average Bonchev–Trinajstić information content (AvgIpc) is 2.54. The lowest BCUT2D eigenvalue weighted by Gasteiger charge is -1.98. The molecule has 0 aliphatic rings. The average molecular weight is 383 g/mol. The fourth-order valence-corrected chi connectivity index (χ4v) is 3.20. The van der Waals surface area contributed by atoms with Gasteiger partial charge in [0.1, 0.15) is 0 Å². The third kappa shape index (κ3) is 1.70. The quantitative estimate of drug-likeness (QED) is 0.589. The van der Waals surface area contributed by atoms with Crippen molar-refractivity contribution < 1.29 is 4.79 Å². The lowest BCUT2D eigenvalue weighted by Crippen LogP contribution is -1.90. The number of hydrogen-bond donors (Lipinski definition) is 0. The zero-order valence-electron chi connectivity index (χ0n) is 6.78. The van der Waals surface area contributed by atoms with Gasteiger partial charge in [0.2, 0.25) is 0 Å². The van der Waals surface area contributed by atoms with Gasteiger partial charge in [-0.05, 0) is 28.1 Å². The van der Waals surface area contributed by atoms with Crippen molar-refractivity contribution >= 4 is 63.6 Å². The van der Waals surface area contributed by atoms with Crippen LogP contribution in [0.2, 0.25) is 0 Å². The van der Waals surface area contributed by atoms with Gasteiger partial charge in [0.15, 0.2) is 11.9 Å². The maximum Gasteiger partial charge on any atom is 0.167 e. The molecule has 0 radical (unpaired) electrons. The Bertz CT molecular complexity index is 499. The topological polar surface area (TPSA) is 34.9 Å². The van der Waals surface area contributed by atoms with Crippen LogP contribution in [0.25, 0.3) is 11.0 Å². The number of carbonyl (C=O) groups is 1. The molecule has 0 aliphatic carbocycles. The minimum absolute atomic E-state index is 0.630. The zero-order chi connectivity index (χ0) is 10.1. The Labute approximate surface area is 105 Å². The molecule has 0 fully saturated rings. The number of carbonyl (C=O) groups excluding carboxylic acids is 1. The molecular weight excluding hydrogens is 379 g/mol. The summed E-state index contributed by atoms with van der Waals surface area (Å²) in [4.78, 5) is 15.0. The standard InChI is InChI=1S/C8H4BrIN2OS/c9-6-1-5-2-7(4-13)12(14-10)8(5)11-3-6/h1-4H. The molecule has 0 aliphatic heterocycles. The van der Waals surface area contributed by atoms with Crippen LogP contribution in [0, 0.1) is 0 Å². The van der Waals surface area contributed by atoms with Crippen molar-refractivity contribution in [2.24, 2.45) is 0 Å². The Kier molecular flexibility index (Phi) is 3.13. The molecule has 2 aromatic rings. The highest BCUT2D eigenvalue weighted by molar-refractivity contribution is 14.2. The molecule has 0 bridgehead atoms. The molecule has 0 amide bonds. The summed E-state index contributed by atoms with van der Waals surface area (Å²) >= 11 is 5.47. The van der Waals surface area contributed by atoms with Crippen LogP contribution in [0.5, 0.6) is 0 Å². The van der Waals surface area contributed by atoms with Crippen molar-refractivity contribution in [3.8, 4) is 0 Å². The lowest BCUT2D eigenvalue weighted by atomic mass is 10.3. The van der Waals surface area contributed by atoms with Crippen molar-refractivity contribution in [1.82, 2.24) is 8.96 Å². The first-order valence-electron chi connectivity index (χ1n) is 3.67. The van der Waals surface area contributed by atoms with Crippen LogP contribution in [-0.2, 0) is 0 Å². The predicted molar refractivity (Wildman–Crippen MR) is 69.8 cm³/mol. The summed E-state index contributed by atoms with van der Waals surface area (Å²) in [5.41, 5.74) is 1.44. The number of fused-ring (bicyclic) bond motifs is 1. The van der Waals surface area contributed by atoms with Gasteiger partial charge in [-0.15, -0.1) is 0 Å². The van der Waals surface area contributed by atoms with Crippen LogP contribution in [-0.4, -0.2) is 15.2 Å². The van der Waals surface area contributed by atoms with Crippen LogP contribution in [0.15, 0.2) is 22.8 Å². The molecule has 0 spiro atoms. The van der Waals surface area contributed by atoms with E-state index in [1.165, 1.54) is 9.12 Å². The first-order chi connectivity index (χ1) is 6.76. The molecule has 2 heterocycles. The fourth-order valence-electron chi connectivity index (χ4n) is 1.22. The Morgan fingerprint density at radius 2 is 2.36 bits per heavy atom. The number of aldehydes is 1. The van der Waals surface area contributed by atoms with Gasteiger partial charge in [-0.3, -0.25) is 8.77 Å². The minimum atomic E-state index is 0.630. The molecule has 72 valence electrons. The maximum absolute atomic E-state index is 10.8. The summed E-state index contributed by atoms with van der Waals surface area (Å²) < 4.78 is 2.72. The van der Waals surface area contributed by atoms with Gasteiger partial charge in [-0.25, -0.2) is 4.98 Å². The number of aromatic nitrogens is 2. The highest BCUT2D eigenvalue weighted by atomic mass is 127. The van der Waals surface area contributed by atoms with Crippen molar-refractivity contribution in [2.75, 3.05) is 0 Å². The van der Waals surface area contributed by atoms with E-state index in [0.717, 1.165) is 21.8 Å². The number of pyridine rings is 1. The van der Waals surface area contributed by atoms with E-state index < -0.39 is 0 Å². The van der Waals surface area contributed by atoms with Gasteiger partial charge >= 0.3 is 0 Å². The first kappa shape index (κ1) is 10.4. The molecule has 6 heteroatoms. The van der Waals surface area contributed by atoms with Crippen molar-refractivity contribution in [3.63, 3.8) is 0 Å². The van der Waals surface area contributed by atoms with Gasteiger partial charge in [-0.2, -0.15) is 0 Å². The molecule has 0 atom stereocenters. The summed E-state index contributed by atoms with van der Waals surface area (Å²) in [5.74, 6) is 0. The molecule has 2 rings (SSSR count). The highest BCUT2D eigenvalue weighted by Crippen LogP contribution is 2.27. The molecule has 0 unspecified atom stereocenters. The predicted octanol–water partition coefficient (Wildman–Crippen LogP) is 3.46. The van der Waals surface area contributed by atoms with E-state index in [0.29, 0.717) is 5.69 Å². The zero-order valence-corrected chi connectivity index (χ0v) is 11.3. The molecule has 2 aromatic heterocycles. The minimum Gasteiger partial charge on any atom is -0.296 e. The van der Waals surface area contributed by atoms with Gasteiger partial charge in [0.25, 0.3) is 0 Å². The number of halogens is 2. The molecular formula is C8H4BrIN2OS. The van der Waals surface area contributed by atoms with E-state index >= 15 is 0 Å². The van der Waals surface area contributed by atoms with Crippen molar-refractivity contribution in [2.45, 2.75) is 0 Å². The van der Waals surface area contributed by atoms with Crippen molar-refractivity contribution in [1.29, 1.82) is 0 Å². The molecule has 0 saturated carbocycles. The van der Waals surface area contributed by atoms with E-state index in [1.54, 1.807) is 10.2 Å². The smallest absolute Gasteiger partial charge is 0.167 e. The first-order valence-corrected chi connectivity index (χ1v) is 7.78. The maximum atomic E-state index is 10.8. The monoisotopic (exact) mass is 382 g/mol. The van der Waals surface area contributed by atoms with E-state index in [2.05, 4.69) is 42.1 Å². The highest BCUT2D eigenvalue weighted by Gasteiger charge is 2.09. The summed E-state index contributed by atoms with van der Waals surface area (Å²) in [6.45, 7) is 0. The lowest BCUT2D eigenvalue weighted by molar-refractivity contribution is 0.111. The second-order valence-electron chi connectivity index (χ2n) is 2.62. The van der Waals surface area contributed by atoms with Crippen LogP contribution in [0.3, 0.4) is 0 Å². The summed E-state index contributed by atoms with van der Waals surface area (Å²) in [7, 11) is 1.44. The van der Waals surface area contributed by atoms with E-state index in [4.69, 9.17) is 0 Å². The molecule has 0 aromatic carbocycles. The van der Waals surface area contributed by atoms with Gasteiger partial charge in [-0.1, -0.05) is 0 Å². The Morgan fingerprint density at radius 3 is 3.00 bits per heavy atom. The largest absolute Gasteiger partial charge is 0.296 e. The van der Waals surface area contributed by atoms with Gasteiger partial charge in [0, 0.05) is 46.4 Å². The Hall–Kier alpha value is -0.0800. The van der Waals surface area contributed by atoms with Gasteiger partial charge < -0.3 is 0 Å². The van der Waals surface area contributed by atoms with Crippen LogP contribution < -0.4 is 0 Å². The fraction of sp³-hybridized carbons (Fsp3) is 0. The second-order valence-corrected chi connectivity index (χ2v) is 5.22. The third-order valence-corrected chi connectivity index (χ3v) is 3.92. The molecule has 14 heavy (non-hydrogen) atoms. The van der Waals surface area contributed by atoms with Gasteiger partial charge in [0.05, 0.1) is 5.69 Å².